The summed E-state index contributed by atoms with van der Waals surface area (Å²) in [6.45, 7) is 0. The quantitative estimate of drug-likeness (QED) is 0.190. The van der Waals surface area contributed by atoms with E-state index in [0.29, 0.717) is 5.69 Å². The van der Waals surface area contributed by atoms with E-state index < -0.39 is 5.09 Å². The maximum absolute atomic E-state index is 8.91. The number of nitrogens with zero attached hydrogens (tertiary/aromatic N) is 3. The SMILES string of the molecule is NC(=[NH2+])N=Nc1ccc(O)cc1.O=[N+]([O-])[O-]. The van der Waals surface area contributed by atoms with Crippen molar-refractivity contribution < 1.29 is 15.6 Å². The first-order valence-corrected chi connectivity index (χ1v) is 3.82. The van der Waals surface area contributed by atoms with Gasteiger partial charge in [-0.1, -0.05) is 5.11 Å². The number of phenolic OH excluding ortho intramolecular Hbond substituents is 1. The lowest BCUT2D eigenvalue weighted by molar-refractivity contribution is -0.402. The van der Waals surface area contributed by atoms with Crippen molar-refractivity contribution in [2.45, 2.75) is 0 Å². The van der Waals surface area contributed by atoms with Crippen molar-refractivity contribution in [2.75, 3.05) is 0 Å². The van der Waals surface area contributed by atoms with Crippen LogP contribution in [0.15, 0.2) is 34.5 Å². The van der Waals surface area contributed by atoms with Gasteiger partial charge in [-0.2, -0.15) is 0 Å². The van der Waals surface area contributed by atoms with Gasteiger partial charge in [-0.25, -0.2) is 0 Å². The summed E-state index contributed by atoms with van der Waals surface area (Å²) in [5, 5.41) is 35.8. The minimum atomic E-state index is -1.75. The summed E-state index contributed by atoms with van der Waals surface area (Å²) in [5.74, 6) is 0.0849. The maximum atomic E-state index is 8.91. The molecule has 0 heterocycles. The number of aromatic hydroxyl groups is 1. The summed E-state index contributed by atoms with van der Waals surface area (Å²) in [6, 6.07) is 6.20. The second-order valence-corrected chi connectivity index (χ2v) is 2.36. The molecule has 0 fully saturated rings. The standard InChI is InChI=1S/C7H8N4O.NO3/c8-7(9)11-10-5-1-3-6(12)4-2-5;2-1(3)4/h1-4,12H,(H3,8,9);/q;-1/p+1. The Bertz CT molecular complexity index is 384. The molecule has 1 aromatic carbocycles. The molecule has 0 aliphatic heterocycles. The zero-order valence-corrected chi connectivity index (χ0v) is 7.98. The summed E-state index contributed by atoms with van der Waals surface area (Å²) in [4.78, 5) is 8.25. The normalized spacial score (nSPS) is 9.25. The largest absolute Gasteiger partial charge is 0.508 e. The van der Waals surface area contributed by atoms with Gasteiger partial charge in [-0.3, -0.25) is 11.1 Å². The highest BCUT2D eigenvalue weighted by molar-refractivity contribution is 5.71. The molecule has 0 spiro atoms. The van der Waals surface area contributed by atoms with Crippen LogP contribution in [-0.2, 0) is 0 Å². The number of hydrogen-bond donors (Lipinski definition) is 3. The number of rotatable bonds is 1. The van der Waals surface area contributed by atoms with E-state index in [1.807, 2.05) is 0 Å². The molecule has 9 nitrogen and oxygen atoms in total. The summed E-state index contributed by atoms with van der Waals surface area (Å²) in [7, 11) is 0. The molecule has 0 bridgehead atoms. The van der Waals surface area contributed by atoms with E-state index in [2.05, 4.69) is 10.2 Å². The van der Waals surface area contributed by atoms with E-state index >= 15 is 0 Å². The van der Waals surface area contributed by atoms with Crippen LogP contribution >= 0.6 is 0 Å². The molecular formula is C7H9N5O4. The molecule has 1 aromatic rings. The second kappa shape index (κ2) is 6.70. The molecule has 0 aliphatic rings. The highest BCUT2D eigenvalue weighted by Gasteiger charge is 1.93. The van der Waals surface area contributed by atoms with Crippen molar-refractivity contribution in [3.8, 4) is 5.75 Å². The molecule has 1 rings (SSSR count). The fourth-order valence-electron chi connectivity index (χ4n) is 0.635. The molecule has 0 atom stereocenters. The van der Waals surface area contributed by atoms with Gasteiger partial charge >= 0.3 is 5.96 Å². The third-order valence-electron chi connectivity index (χ3n) is 1.13. The van der Waals surface area contributed by atoms with Crippen LogP contribution in [0, 0.1) is 15.3 Å². The lowest BCUT2D eigenvalue weighted by Gasteiger charge is -1.89. The van der Waals surface area contributed by atoms with Crippen LogP contribution in [0.25, 0.3) is 0 Å². The third-order valence-corrected chi connectivity index (χ3v) is 1.13. The van der Waals surface area contributed by atoms with E-state index in [0.717, 1.165) is 0 Å². The fourth-order valence-corrected chi connectivity index (χ4v) is 0.635. The first kappa shape index (κ1) is 13.3. The maximum Gasteiger partial charge on any atom is 0.403 e. The van der Waals surface area contributed by atoms with Crippen LogP contribution in [0.5, 0.6) is 5.75 Å². The van der Waals surface area contributed by atoms with Crippen molar-refractivity contribution in [1.82, 2.24) is 0 Å². The topological polar surface area (TPSA) is 163 Å². The van der Waals surface area contributed by atoms with Gasteiger partial charge in [-0.05, 0) is 24.3 Å². The Hall–Kier alpha value is -2.71. The Balaban J connectivity index is 0.000000487. The molecule has 0 aromatic heterocycles. The third kappa shape index (κ3) is 7.91. The Morgan fingerprint density at radius 3 is 2.19 bits per heavy atom. The van der Waals surface area contributed by atoms with Crippen molar-refractivity contribution in [1.29, 1.82) is 0 Å². The van der Waals surface area contributed by atoms with Gasteiger partial charge in [0.25, 0.3) is 0 Å². The van der Waals surface area contributed by atoms with E-state index in [4.69, 9.17) is 31.6 Å². The minimum Gasteiger partial charge on any atom is -0.508 e. The van der Waals surface area contributed by atoms with Gasteiger partial charge in [0.15, 0.2) is 0 Å². The van der Waals surface area contributed by atoms with Crippen LogP contribution in [-0.4, -0.2) is 16.2 Å². The van der Waals surface area contributed by atoms with E-state index in [9.17, 15) is 0 Å². The van der Waals surface area contributed by atoms with Crippen LogP contribution < -0.4 is 11.1 Å². The fraction of sp³-hybridized carbons (Fsp3) is 0. The van der Waals surface area contributed by atoms with Crippen LogP contribution in [0.3, 0.4) is 0 Å². The molecule has 0 radical (unpaired) electrons. The number of phenols is 1. The zero-order valence-electron chi connectivity index (χ0n) is 7.98. The molecular weight excluding hydrogens is 218 g/mol. The molecule has 0 saturated carbocycles. The van der Waals surface area contributed by atoms with Crippen LogP contribution in [0.4, 0.5) is 5.69 Å². The van der Waals surface area contributed by atoms with Crippen molar-refractivity contribution in [3.05, 3.63) is 39.6 Å². The predicted octanol–water partition coefficient (Wildman–Crippen LogP) is -0.689. The summed E-state index contributed by atoms with van der Waals surface area (Å²) < 4.78 is 0. The highest BCUT2D eigenvalue weighted by Crippen LogP contribution is 2.16. The Kier molecular flexibility index (Phi) is 5.57. The van der Waals surface area contributed by atoms with Crippen LogP contribution in [0.2, 0.25) is 0 Å². The van der Waals surface area contributed by atoms with Gasteiger partial charge in [0.2, 0.25) is 0 Å². The molecule has 0 aliphatic carbocycles. The molecule has 9 heteroatoms. The van der Waals surface area contributed by atoms with Crippen molar-refractivity contribution in [3.63, 3.8) is 0 Å². The molecule has 5 N–H and O–H groups in total. The van der Waals surface area contributed by atoms with Gasteiger partial charge < -0.3 is 20.4 Å². The highest BCUT2D eigenvalue weighted by atomic mass is 16.9. The van der Waals surface area contributed by atoms with E-state index in [1.54, 1.807) is 12.1 Å². The molecule has 0 amide bonds. The van der Waals surface area contributed by atoms with Crippen molar-refractivity contribution >= 4 is 11.6 Å². The lowest BCUT2D eigenvalue weighted by Crippen LogP contribution is -2.43. The average Bonchev–Trinajstić information content (AvgIpc) is 2.16. The van der Waals surface area contributed by atoms with Gasteiger partial charge in [0.05, 0.1) is 5.09 Å². The first-order valence-electron chi connectivity index (χ1n) is 3.82. The summed E-state index contributed by atoms with van der Waals surface area (Å²) in [6.07, 6.45) is 0. The number of benzene rings is 1. The number of azo groups is 1. The van der Waals surface area contributed by atoms with Gasteiger partial charge in [0, 0.05) is 5.11 Å². The Morgan fingerprint density at radius 1 is 1.38 bits per heavy atom. The molecule has 0 unspecified atom stereocenters. The van der Waals surface area contributed by atoms with Gasteiger partial charge in [0.1, 0.15) is 11.4 Å². The molecule has 0 saturated heterocycles. The molecule has 86 valence electrons. The van der Waals surface area contributed by atoms with Crippen LogP contribution in [0.1, 0.15) is 0 Å². The van der Waals surface area contributed by atoms with Crippen molar-refractivity contribution in [2.24, 2.45) is 16.0 Å². The Morgan fingerprint density at radius 2 is 1.81 bits per heavy atom. The lowest BCUT2D eigenvalue weighted by atomic mass is 10.3. The average molecular weight is 227 g/mol. The Labute approximate surface area is 89.5 Å². The van der Waals surface area contributed by atoms with Gasteiger partial charge in [-0.15, -0.1) is 0 Å². The summed E-state index contributed by atoms with van der Waals surface area (Å²) in [5.41, 5.74) is 5.64. The second-order valence-electron chi connectivity index (χ2n) is 2.36. The zero-order chi connectivity index (χ0) is 12.6. The first-order chi connectivity index (χ1) is 7.41. The monoisotopic (exact) mass is 227 g/mol. The number of nitrogens with two attached hydrogens (primary N) is 2. The number of hydrogen-bond acceptors (Lipinski definition) is 5. The summed E-state index contributed by atoms with van der Waals surface area (Å²) >= 11 is 0. The predicted molar refractivity (Wildman–Crippen MR) is 54.1 cm³/mol. The number of guanidine groups is 1. The van der Waals surface area contributed by atoms with E-state index in [-0.39, 0.29) is 11.7 Å². The minimum absolute atomic E-state index is 0.0944. The molecule has 16 heavy (non-hydrogen) atoms. The van der Waals surface area contributed by atoms with E-state index in [1.165, 1.54) is 12.1 Å². The smallest absolute Gasteiger partial charge is 0.403 e.